The highest BCUT2D eigenvalue weighted by atomic mass is 35.5. The molecule has 0 unspecified atom stereocenters. The number of hydrogen-bond donors (Lipinski definition) is 1. The zero-order chi connectivity index (χ0) is 12.1. The Morgan fingerprint density at radius 3 is 2.71 bits per heavy atom. The molecule has 0 radical (unpaired) electrons. The van der Waals surface area contributed by atoms with Crippen LogP contribution in [-0.4, -0.2) is 19.1 Å². The van der Waals surface area contributed by atoms with Gasteiger partial charge >= 0.3 is 5.97 Å². The van der Waals surface area contributed by atoms with Crippen molar-refractivity contribution in [3.05, 3.63) is 34.9 Å². The van der Waals surface area contributed by atoms with Gasteiger partial charge in [-0.3, -0.25) is 4.79 Å². The van der Waals surface area contributed by atoms with Crippen LogP contribution in [0.4, 0.5) is 0 Å². The van der Waals surface area contributed by atoms with E-state index in [1.807, 2.05) is 12.1 Å². The van der Waals surface area contributed by atoms with Crippen LogP contribution in [-0.2, 0) is 16.1 Å². The summed E-state index contributed by atoms with van der Waals surface area (Å²) < 4.78 is 5.13. The first kappa shape index (κ1) is 12.4. The fourth-order valence-corrected chi connectivity index (χ4v) is 1.62. The zero-order valence-corrected chi connectivity index (χ0v) is 10.4. The molecule has 1 aromatic rings. The second-order valence-corrected chi connectivity index (χ2v) is 4.80. The highest BCUT2D eigenvalue weighted by Crippen LogP contribution is 2.27. The van der Waals surface area contributed by atoms with Crippen molar-refractivity contribution in [1.29, 1.82) is 0 Å². The largest absolute Gasteiger partial charge is 0.460 e. The third-order valence-electron chi connectivity index (χ3n) is 2.71. The van der Waals surface area contributed by atoms with Gasteiger partial charge in [0.15, 0.2) is 0 Å². The molecule has 4 heteroatoms. The second kappa shape index (κ2) is 6.03. The number of carbonyl (C=O) groups is 1. The summed E-state index contributed by atoms with van der Waals surface area (Å²) in [4.78, 5) is 11.4. The van der Waals surface area contributed by atoms with Gasteiger partial charge in [-0.15, -0.1) is 0 Å². The Hall–Kier alpha value is -1.06. The normalized spacial score (nSPS) is 14.6. The van der Waals surface area contributed by atoms with Crippen molar-refractivity contribution < 1.29 is 9.53 Å². The van der Waals surface area contributed by atoms with Gasteiger partial charge in [0.25, 0.3) is 0 Å². The van der Waals surface area contributed by atoms with E-state index in [4.69, 9.17) is 16.3 Å². The highest BCUT2D eigenvalue weighted by molar-refractivity contribution is 6.30. The molecule has 3 nitrogen and oxygen atoms in total. The van der Waals surface area contributed by atoms with Crippen LogP contribution in [0.3, 0.4) is 0 Å². The van der Waals surface area contributed by atoms with Crippen LogP contribution < -0.4 is 5.32 Å². The number of benzene rings is 1. The molecule has 17 heavy (non-hydrogen) atoms. The summed E-state index contributed by atoms with van der Waals surface area (Å²) in [5.41, 5.74) is 0.949. The van der Waals surface area contributed by atoms with Crippen molar-refractivity contribution in [3.8, 4) is 0 Å². The molecule has 1 N–H and O–H groups in total. The van der Waals surface area contributed by atoms with Gasteiger partial charge in [0.05, 0.1) is 6.54 Å². The smallest absolute Gasteiger partial charge is 0.320 e. The van der Waals surface area contributed by atoms with E-state index in [1.165, 1.54) is 12.8 Å². The van der Waals surface area contributed by atoms with Crippen LogP contribution >= 0.6 is 11.6 Å². The van der Waals surface area contributed by atoms with Crippen LogP contribution in [0, 0.1) is 5.92 Å². The third-order valence-corrected chi connectivity index (χ3v) is 2.96. The Kier molecular flexibility index (Phi) is 4.40. The van der Waals surface area contributed by atoms with E-state index in [0.29, 0.717) is 18.2 Å². The summed E-state index contributed by atoms with van der Waals surface area (Å²) in [5, 5.41) is 3.78. The lowest BCUT2D eigenvalue weighted by molar-refractivity contribution is -0.143. The van der Waals surface area contributed by atoms with Crippen LogP contribution in [0.15, 0.2) is 24.3 Å². The van der Waals surface area contributed by atoms with Gasteiger partial charge in [0.2, 0.25) is 0 Å². The first-order valence-corrected chi connectivity index (χ1v) is 6.22. The lowest BCUT2D eigenvalue weighted by atomic mass is 10.2. The predicted molar refractivity (Wildman–Crippen MR) is 66.8 cm³/mol. The first-order valence-electron chi connectivity index (χ1n) is 5.85. The number of hydrogen-bond acceptors (Lipinski definition) is 3. The van der Waals surface area contributed by atoms with Gasteiger partial charge in [-0.2, -0.15) is 0 Å². The van der Waals surface area contributed by atoms with E-state index in [2.05, 4.69) is 5.32 Å². The maximum absolute atomic E-state index is 11.4. The van der Waals surface area contributed by atoms with Gasteiger partial charge < -0.3 is 10.1 Å². The average Bonchev–Trinajstić information content (AvgIpc) is 3.12. The average molecular weight is 254 g/mol. The Bertz CT molecular complexity index is 374. The Morgan fingerprint density at radius 2 is 2.06 bits per heavy atom. The lowest BCUT2D eigenvalue weighted by Crippen LogP contribution is -2.26. The van der Waals surface area contributed by atoms with E-state index in [0.717, 1.165) is 18.0 Å². The highest BCUT2D eigenvalue weighted by Gasteiger charge is 2.20. The molecule has 0 amide bonds. The van der Waals surface area contributed by atoms with Crippen LogP contribution in [0.25, 0.3) is 0 Å². The Labute approximate surface area is 106 Å². The van der Waals surface area contributed by atoms with Gasteiger partial charge in [-0.05, 0) is 43.0 Å². The molecule has 2 rings (SSSR count). The number of esters is 1. The molecule has 0 aliphatic heterocycles. The third kappa shape index (κ3) is 4.75. The molecule has 1 aliphatic carbocycles. The molecule has 0 saturated heterocycles. The summed E-state index contributed by atoms with van der Waals surface area (Å²) >= 11 is 5.76. The molecule has 0 heterocycles. The van der Waals surface area contributed by atoms with Crippen molar-refractivity contribution in [1.82, 2.24) is 5.32 Å². The zero-order valence-electron chi connectivity index (χ0n) is 9.62. The SMILES string of the molecule is O=C(CNCC1CC1)OCc1ccc(Cl)cc1. The fraction of sp³-hybridized carbons (Fsp3) is 0.462. The molecule has 0 bridgehead atoms. The predicted octanol–water partition coefficient (Wildman–Crippen LogP) is 2.38. The molecule has 0 spiro atoms. The summed E-state index contributed by atoms with van der Waals surface area (Å²) in [6, 6.07) is 7.28. The van der Waals surface area contributed by atoms with Gasteiger partial charge in [0.1, 0.15) is 6.61 Å². The van der Waals surface area contributed by atoms with E-state index >= 15 is 0 Å². The molecule has 0 aromatic heterocycles. The minimum atomic E-state index is -0.208. The van der Waals surface area contributed by atoms with Gasteiger partial charge in [-0.1, -0.05) is 23.7 Å². The lowest BCUT2D eigenvalue weighted by Gasteiger charge is -2.06. The number of nitrogens with one attached hydrogen (secondary N) is 1. The van der Waals surface area contributed by atoms with Crippen molar-refractivity contribution in [2.24, 2.45) is 5.92 Å². The fourth-order valence-electron chi connectivity index (χ4n) is 1.50. The van der Waals surface area contributed by atoms with Gasteiger partial charge in [-0.25, -0.2) is 0 Å². The van der Waals surface area contributed by atoms with E-state index in [1.54, 1.807) is 12.1 Å². The van der Waals surface area contributed by atoms with E-state index in [9.17, 15) is 4.79 Å². The molecule has 1 fully saturated rings. The first-order chi connectivity index (χ1) is 8.24. The topological polar surface area (TPSA) is 38.3 Å². The number of halogens is 1. The quantitative estimate of drug-likeness (QED) is 0.791. The second-order valence-electron chi connectivity index (χ2n) is 4.36. The van der Waals surface area contributed by atoms with Crippen molar-refractivity contribution in [2.75, 3.05) is 13.1 Å². The maximum Gasteiger partial charge on any atom is 0.320 e. The Balaban J connectivity index is 1.62. The van der Waals surface area contributed by atoms with Crippen LogP contribution in [0.1, 0.15) is 18.4 Å². The summed E-state index contributed by atoms with van der Waals surface area (Å²) in [6.45, 7) is 1.53. The maximum atomic E-state index is 11.4. The molecular formula is C13H16ClNO2. The van der Waals surface area contributed by atoms with Gasteiger partial charge in [0, 0.05) is 5.02 Å². The molecule has 1 saturated carbocycles. The standard InChI is InChI=1S/C13H16ClNO2/c14-12-5-3-11(4-6-12)9-17-13(16)8-15-7-10-1-2-10/h3-6,10,15H,1-2,7-9H2. The van der Waals surface area contributed by atoms with Crippen molar-refractivity contribution in [3.63, 3.8) is 0 Å². The van der Waals surface area contributed by atoms with E-state index < -0.39 is 0 Å². The molecule has 0 atom stereocenters. The number of rotatable bonds is 6. The molecular weight excluding hydrogens is 238 g/mol. The van der Waals surface area contributed by atoms with Crippen molar-refractivity contribution in [2.45, 2.75) is 19.4 Å². The number of carbonyl (C=O) groups excluding carboxylic acids is 1. The van der Waals surface area contributed by atoms with E-state index in [-0.39, 0.29) is 5.97 Å². The molecule has 1 aromatic carbocycles. The minimum Gasteiger partial charge on any atom is -0.460 e. The summed E-state index contributed by atoms with van der Waals surface area (Å²) in [7, 11) is 0. The molecule has 1 aliphatic rings. The van der Waals surface area contributed by atoms with Crippen LogP contribution in [0.5, 0.6) is 0 Å². The Morgan fingerprint density at radius 1 is 1.35 bits per heavy atom. The summed E-state index contributed by atoms with van der Waals surface area (Å²) in [5.74, 6) is 0.569. The number of ether oxygens (including phenoxy) is 1. The summed E-state index contributed by atoms with van der Waals surface area (Å²) in [6.07, 6.45) is 2.57. The monoisotopic (exact) mass is 253 g/mol. The van der Waals surface area contributed by atoms with Crippen LogP contribution in [0.2, 0.25) is 5.02 Å². The molecule has 92 valence electrons. The van der Waals surface area contributed by atoms with Crippen molar-refractivity contribution >= 4 is 17.6 Å². The minimum absolute atomic E-state index is 0.208.